The first-order valence-corrected chi connectivity index (χ1v) is 7.77. The summed E-state index contributed by atoms with van der Waals surface area (Å²) in [6.07, 6.45) is 2.26. The Bertz CT molecular complexity index is 709. The molecule has 1 aromatic heterocycles. The second-order valence-electron chi connectivity index (χ2n) is 5.06. The highest BCUT2D eigenvalue weighted by Crippen LogP contribution is 2.30. The second-order valence-corrected chi connectivity index (χ2v) is 5.06. The standard InChI is InChI=1S/C17H22N4O4/c1-23-10-4-8-18-16(22)13-7-9-19-17(20-13)21-14-11-12(24-2)5-6-15(14)25-3/h5-7,9,11H,4,8,10H2,1-3H3,(H,18,22)(H,19,20,21). The van der Waals surface area contributed by atoms with Crippen molar-refractivity contribution in [3.63, 3.8) is 0 Å². The number of methoxy groups -OCH3 is 3. The highest BCUT2D eigenvalue weighted by molar-refractivity contribution is 5.92. The number of anilines is 2. The average molecular weight is 346 g/mol. The predicted octanol–water partition coefficient (Wildman–Crippen LogP) is 2.00. The summed E-state index contributed by atoms with van der Waals surface area (Å²) in [4.78, 5) is 20.5. The molecule has 0 aliphatic heterocycles. The number of ether oxygens (including phenoxy) is 3. The van der Waals surface area contributed by atoms with Crippen LogP contribution in [0.2, 0.25) is 0 Å². The van der Waals surface area contributed by atoms with Gasteiger partial charge >= 0.3 is 0 Å². The van der Waals surface area contributed by atoms with Gasteiger partial charge in [-0.05, 0) is 24.6 Å². The molecular weight excluding hydrogens is 324 g/mol. The molecule has 8 heteroatoms. The van der Waals surface area contributed by atoms with Crippen LogP contribution in [0.5, 0.6) is 11.5 Å². The number of carbonyl (C=O) groups is 1. The minimum absolute atomic E-state index is 0.265. The molecule has 2 N–H and O–H groups in total. The van der Waals surface area contributed by atoms with Crippen LogP contribution in [-0.2, 0) is 4.74 Å². The zero-order valence-electron chi connectivity index (χ0n) is 14.5. The van der Waals surface area contributed by atoms with E-state index in [0.29, 0.717) is 30.3 Å². The van der Waals surface area contributed by atoms with E-state index in [0.717, 1.165) is 6.42 Å². The average Bonchev–Trinajstić information content (AvgIpc) is 2.65. The number of hydrogen-bond acceptors (Lipinski definition) is 7. The van der Waals surface area contributed by atoms with E-state index < -0.39 is 0 Å². The van der Waals surface area contributed by atoms with Crippen LogP contribution in [0.4, 0.5) is 11.6 Å². The Morgan fingerprint density at radius 3 is 2.72 bits per heavy atom. The number of amides is 1. The molecule has 0 aliphatic rings. The molecule has 2 aromatic rings. The van der Waals surface area contributed by atoms with Gasteiger partial charge in [0.1, 0.15) is 17.2 Å². The lowest BCUT2D eigenvalue weighted by atomic mass is 10.2. The van der Waals surface area contributed by atoms with Crippen molar-refractivity contribution in [2.45, 2.75) is 6.42 Å². The van der Waals surface area contributed by atoms with Gasteiger partial charge in [-0.3, -0.25) is 4.79 Å². The highest BCUT2D eigenvalue weighted by Gasteiger charge is 2.11. The molecule has 25 heavy (non-hydrogen) atoms. The molecule has 0 atom stereocenters. The van der Waals surface area contributed by atoms with Crippen LogP contribution in [0.1, 0.15) is 16.9 Å². The summed E-state index contributed by atoms with van der Waals surface area (Å²) in [5.41, 5.74) is 0.913. The molecule has 2 rings (SSSR count). The predicted molar refractivity (Wildman–Crippen MR) is 93.7 cm³/mol. The van der Waals surface area contributed by atoms with E-state index in [4.69, 9.17) is 14.2 Å². The number of benzene rings is 1. The summed E-state index contributed by atoms with van der Waals surface area (Å²) in [5, 5.41) is 5.83. The summed E-state index contributed by atoms with van der Waals surface area (Å²) < 4.78 is 15.5. The van der Waals surface area contributed by atoms with E-state index in [1.54, 1.807) is 45.6 Å². The Morgan fingerprint density at radius 2 is 2.00 bits per heavy atom. The van der Waals surface area contributed by atoms with Crippen LogP contribution >= 0.6 is 0 Å². The van der Waals surface area contributed by atoms with Crippen LogP contribution < -0.4 is 20.1 Å². The lowest BCUT2D eigenvalue weighted by molar-refractivity contribution is 0.0943. The van der Waals surface area contributed by atoms with Gasteiger partial charge in [-0.2, -0.15) is 0 Å². The molecule has 0 unspecified atom stereocenters. The molecule has 134 valence electrons. The van der Waals surface area contributed by atoms with Gasteiger partial charge in [0.2, 0.25) is 5.95 Å². The molecule has 0 saturated carbocycles. The Kier molecular flexibility index (Phi) is 6.97. The molecule has 1 heterocycles. The van der Waals surface area contributed by atoms with E-state index in [2.05, 4.69) is 20.6 Å². The van der Waals surface area contributed by atoms with Crippen LogP contribution in [0.15, 0.2) is 30.5 Å². The largest absolute Gasteiger partial charge is 0.497 e. The third kappa shape index (κ3) is 5.32. The number of nitrogens with zero attached hydrogens (tertiary/aromatic N) is 2. The Morgan fingerprint density at radius 1 is 1.16 bits per heavy atom. The fourth-order valence-corrected chi connectivity index (χ4v) is 2.09. The number of hydrogen-bond donors (Lipinski definition) is 2. The Hall–Kier alpha value is -2.87. The summed E-state index contributed by atoms with van der Waals surface area (Å²) >= 11 is 0. The highest BCUT2D eigenvalue weighted by atomic mass is 16.5. The van der Waals surface area contributed by atoms with Crippen molar-refractivity contribution < 1.29 is 19.0 Å². The fourth-order valence-electron chi connectivity index (χ4n) is 2.09. The normalized spacial score (nSPS) is 10.2. The van der Waals surface area contributed by atoms with Gasteiger partial charge in [0.25, 0.3) is 5.91 Å². The second kappa shape index (κ2) is 9.43. The summed E-state index contributed by atoms with van der Waals surface area (Å²) in [7, 11) is 4.77. The van der Waals surface area contributed by atoms with Gasteiger partial charge in [-0.25, -0.2) is 9.97 Å². The first kappa shape index (κ1) is 18.5. The number of rotatable bonds is 9. The lowest BCUT2D eigenvalue weighted by Gasteiger charge is -2.12. The van der Waals surface area contributed by atoms with Gasteiger partial charge < -0.3 is 24.8 Å². The molecule has 0 bridgehead atoms. The van der Waals surface area contributed by atoms with Crippen LogP contribution in [0.25, 0.3) is 0 Å². The SMILES string of the molecule is COCCCNC(=O)c1ccnc(Nc2cc(OC)ccc2OC)n1. The van der Waals surface area contributed by atoms with Crippen LogP contribution in [0.3, 0.4) is 0 Å². The Labute approximate surface area is 146 Å². The van der Waals surface area contributed by atoms with E-state index in [1.807, 2.05) is 0 Å². The number of carbonyl (C=O) groups excluding carboxylic acids is 1. The van der Waals surface area contributed by atoms with E-state index in [9.17, 15) is 4.79 Å². The van der Waals surface area contributed by atoms with Crippen molar-refractivity contribution >= 4 is 17.5 Å². The van der Waals surface area contributed by atoms with Crippen molar-refractivity contribution in [3.8, 4) is 11.5 Å². The summed E-state index contributed by atoms with van der Waals surface area (Å²) in [5.74, 6) is 1.30. The van der Waals surface area contributed by atoms with Crippen molar-refractivity contribution in [2.24, 2.45) is 0 Å². The molecule has 0 spiro atoms. The zero-order valence-corrected chi connectivity index (χ0v) is 14.5. The molecule has 8 nitrogen and oxygen atoms in total. The summed E-state index contributed by atoms with van der Waals surface area (Å²) in [6.45, 7) is 1.11. The Balaban J connectivity index is 2.10. The van der Waals surface area contributed by atoms with E-state index in [-0.39, 0.29) is 17.5 Å². The monoisotopic (exact) mass is 346 g/mol. The maximum Gasteiger partial charge on any atom is 0.270 e. The van der Waals surface area contributed by atoms with Crippen molar-refractivity contribution in [1.29, 1.82) is 0 Å². The number of nitrogens with one attached hydrogen (secondary N) is 2. The smallest absolute Gasteiger partial charge is 0.270 e. The van der Waals surface area contributed by atoms with Crippen LogP contribution in [-0.4, -0.2) is 50.4 Å². The quantitative estimate of drug-likeness (QED) is 0.671. The number of aromatic nitrogens is 2. The summed E-state index contributed by atoms with van der Waals surface area (Å²) in [6, 6.07) is 6.88. The van der Waals surface area contributed by atoms with Gasteiger partial charge in [0, 0.05) is 32.5 Å². The third-order valence-electron chi connectivity index (χ3n) is 3.35. The van der Waals surface area contributed by atoms with Crippen molar-refractivity contribution in [1.82, 2.24) is 15.3 Å². The van der Waals surface area contributed by atoms with Crippen molar-refractivity contribution in [3.05, 3.63) is 36.2 Å². The maximum atomic E-state index is 12.1. The van der Waals surface area contributed by atoms with Gasteiger partial charge in [0.05, 0.1) is 19.9 Å². The molecule has 0 radical (unpaired) electrons. The van der Waals surface area contributed by atoms with Crippen molar-refractivity contribution in [2.75, 3.05) is 39.8 Å². The molecular formula is C17H22N4O4. The molecule has 0 fully saturated rings. The minimum atomic E-state index is -0.265. The lowest BCUT2D eigenvalue weighted by Crippen LogP contribution is -2.26. The van der Waals surface area contributed by atoms with Crippen LogP contribution in [0, 0.1) is 0 Å². The third-order valence-corrected chi connectivity index (χ3v) is 3.35. The van der Waals surface area contributed by atoms with Gasteiger partial charge in [-0.15, -0.1) is 0 Å². The molecule has 1 amide bonds. The van der Waals surface area contributed by atoms with E-state index >= 15 is 0 Å². The van der Waals surface area contributed by atoms with Gasteiger partial charge in [-0.1, -0.05) is 0 Å². The molecule has 0 aliphatic carbocycles. The fraction of sp³-hybridized carbons (Fsp3) is 0.353. The minimum Gasteiger partial charge on any atom is -0.497 e. The molecule has 0 saturated heterocycles. The topological polar surface area (TPSA) is 94.6 Å². The first-order valence-electron chi connectivity index (χ1n) is 7.77. The molecule has 1 aromatic carbocycles. The maximum absolute atomic E-state index is 12.1. The van der Waals surface area contributed by atoms with Gasteiger partial charge in [0.15, 0.2) is 0 Å². The zero-order chi connectivity index (χ0) is 18.1. The van der Waals surface area contributed by atoms with E-state index in [1.165, 1.54) is 6.20 Å². The first-order chi connectivity index (χ1) is 12.2.